The van der Waals surface area contributed by atoms with E-state index >= 15 is 0 Å². The Morgan fingerprint density at radius 2 is 2.15 bits per heavy atom. The van der Waals surface area contributed by atoms with Gasteiger partial charge in [-0.15, -0.1) is 0 Å². The number of nitrogens with two attached hydrogens (primary N) is 1. The fourth-order valence-electron chi connectivity index (χ4n) is 1.35. The highest BCUT2D eigenvalue weighted by atomic mass is 79.9. The van der Waals surface area contributed by atoms with Crippen LogP contribution in [0.3, 0.4) is 0 Å². The second-order valence-corrected chi connectivity index (χ2v) is 4.45. The first-order valence-electron chi connectivity index (χ1n) is 4.14. The van der Waals surface area contributed by atoms with Gasteiger partial charge >= 0.3 is 0 Å². The van der Waals surface area contributed by atoms with Crippen molar-refractivity contribution in [1.29, 1.82) is 0 Å². The summed E-state index contributed by atoms with van der Waals surface area (Å²) in [6, 6.07) is 5.87. The van der Waals surface area contributed by atoms with Gasteiger partial charge in [0.1, 0.15) is 0 Å². The molecular weight excluding hydrogens is 230 g/mol. The van der Waals surface area contributed by atoms with Crippen molar-refractivity contribution in [2.45, 2.75) is 19.4 Å². The molecule has 1 aromatic rings. The molecule has 3 N–H and O–H groups in total. The lowest BCUT2D eigenvalue weighted by Gasteiger charge is -2.24. The third-order valence-corrected chi connectivity index (χ3v) is 2.63. The average Bonchev–Trinajstić information content (AvgIpc) is 2.03. The molecule has 0 aromatic heterocycles. The molecule has 0 bridgehead atoms. The molecule has 0 amide bonds. The molecule has 3 heteroatoms. The van der Waals surface area contributed by atoms with Crippen LogP contribution in [-0.4, -0.2) is 11.7 Å². The van der Waals surface area contributed by atoms with E-state index in [1.165, 1.54) is 0 Å². The summed E-state index contributed by atoms with van der Waals surface area (Å²) < 4.78 is 1.03. The van der Waals surface area contributed by atoms with Crippen molar-refractivity contribution in [1.82, 2.24) is 0 Å². The Hall–Kier alpha value is -0.380. The summed E-state index contributed by atoms with van der Waals surface area (Å²) in [6.45, 7) is 3.76. The Morgan fingerprint density at radius 1 is 1.54 bits per heavy atom. The first kappa shape index (κ1) is 10.7. The average molecular weight is 244 g/mol. The highest BCUT2D eigenvalue weighted by Gasteiger charge is 2.21. The third kappa shape index (κ3) is 2.30. The number of hydrogen-bond donors (Lipinski definition) is 2. The highest BCUT2D eigenvalue weighted by molar-refractivity contribution is 9.10. The molecular formula is C10H14BrNO. The van der Waals surface area contributed by atoms with Crippen LogP contribution in [0, 0.1) is 6.92 Å². The van der Waals surface area contributed by atoms with Crippen LogP contribution >= 0.6 is 15.9 Å². The van der Waals surface area contributed by atoms with E-state index in [-0.39, 0.29) is 6.61 Å². The van der Waals surface area contributed by atoms with Crippen LogP contribution < -0.4 is 5.73 Å². The van der Waals surface area contributed by atoms with Gasteiger partial charge < -0.3 is 10.8 Å². The fourth-order valence-corrected chi connectivity index (χ4v) is 1.83. The minimum atomic E-state index is -0.648. The number of aliphatic hydroxyl groups excluding tert-OH is 1. The summed E-state index contributed by atoms with van der Waals surface area (Å²) >= 11 is 3.38. The lowest BCUT2D eigenvalue weighted by atomic mass is 9.90. The van der Waals surface area contributed by atoms with Crippen LogP contribution in [0.15, 0.2) is 22.7 Å². The van der Waals surface area contributed by atoms with Crippen LogP contribution in [-0.2, 0) is 5.54 Å². The quantitative estimate of drug-likeness (QED) is 0.834. The van der Waals surface area contributed by atoms with Crippen LogP contribution in [0.4, 0.5) is 0 Å². The minimum Gasteiger partial charge on any atom is -0.394 e. The van der Waals surface area contributed by atoms with Crippen molar-refractivity contribution in [3.8, 4) is 0 Å². The van der Waals surface area contributed by atoms with E-state index in [9.17, 15) is 0 Å². The van der Waals surface area contributed by atoms with Gasteiger partial charge in [0.2, 0.25) is 0 Å². The zero-order valence-electron chi connectivity index (χ0n) is 7.84. The summed E-state index contributed by atoms with van der Waals surface area (Å²) in [6.07, 6.45) is 0. The summed E-state index contributed by atoms with van der Waals surface area (Å²) in [5, 5.41) is 9.10. The second-order valence-electron chi connectivity index (χ2n) is 3.53. The minimum absolute atomic E-state index is 0.0462. The molecule has 0 saturated heterocycles. The molecule has 1 aromatic carbocycles. The summed E-state index contributed by atoms with van der Waals surface area (Å²) in [5.74, 6) is 0. The van der Waals surface area contributed by atoms with E-state index < -0.39 is 5.54 Å². The van der Waals surface area contributed by atoms with E-state index in [4.69, 9.17) is 10.8 Å². The molecule has 0 aliphatic carbocycles. The molecule has 72 valence electrons. The zero-order valence-corrected chi connectivity index (χ0v) is 9.43. The Morgan fingerprint density at radius 3 is 2.62 bits per heavy atom. The zero-order chi connectivity index (χ0) is 10.1. The van der Waals surface area contributed by atoms with Crippen LogP contribution in [0.25, 0.3) is 0 Å². The molecule has 2 nitrogen and oxygen atoms in total. The lowest BCUT2D eigenvalue weighted by molar-refractivity contribution is 0.209. The molecule has 1 rings (SSSR count). The lowest BCUT2D eigenvalue weighted by Crippen LogP contribution is -2.37. The fraction of sp³-hybridized carbons (Fsp3) is 0.400. The number of benzene rings is 1. The summed E-state index contributed by atoms with van der Waals surface area (Å²) in [5.41, 5.74) is 7.35. The number of hydrogen-bond acceptors (Lipinski definition) is 2. The Balaban J connectivity index is 3.16. The molecule has 13 heavy (non-hydrogen) atoms. The predicted octanol–water partition coefficient (Wildman–Crippen LogP) is 1.92. The molecule has 0 aliphatic heterocycles. The smallest absolute Gasteiger partial charge is 0.0650 e. The van der Waals surface area contributed by atoms with E-state index in [1.54, 1.807) is 0 Å². The molecule has 0 radical (unpaired) electrons. The first-order chi connectivity index (χ1) is 5.97. The van der Waals surface area contributed by atoms with Gasteiger partial charge in [0.15, 0.2) is 0 Å². The maximum Gasteiger partial charge on any atom is 0.0650 e. The van der Waals surface area contributed by atoms with E-state index in [0.29, 0.717) is 0 Å². The van der Waals surface area contributed by atoms with E-state index in [0.717, 1.165) is 15.6 Å². The third-order valence-electron chi connectivity index (χ3n) is 2.13. The summed E-state index contributed by atoms with van der Waals surface area (Å²) in [7, 11) is 0. The molecule has 0 fully saturated rings. The predicted molar refractivity (Wildman–Crippen MR) is 57.5 cm³/mol. The van der Waals surface area contributed by atoms with Gasteiger partial charge in [0.25, 0.3) is 0 Å². The number of halogens is 1. The van der Waals surface area contributed by atoms with Crippen LogP contribution in [0.2, 0.25) is 0 Å². The largest absolute Gasteiger partial charge is 0.394 e. The van der Waals surface area contributed by atoms with Crippen LogP contribution in [0.1, 0.15) is 18.1 Å². The van der Waals surface area contributed by atoms with Crippen molar-refractivity contribution in [3.63, 3.8) is 0 Å². The van der Waals surface area contributed by atoms with Crippen molar-refractivity contribution in [2.75, 3.05) is 6.61 Å². The standard InChI is InChI=1S/C10H14BrNO/c1-7-5-8(11)3-4-9(7)10(2,12)6-13/h3-5,13H,6,12H2,1-2H3. The molecule has 0 spiro atoms. The first-order valence-corrected chi connectivity index (χ1v) is 4.93. The van der Waals surface area contributed by atoms with Gasteiger partial charge in [0.05, 0.1) is 12.1 Å². The maximum atomic E-state index is 9.10. The molecule has 0 saturated carbocycles. The van der Waals surface area contributed by atoms with Crippen molar-refractivity contribution < 1.29 is 5.11 Å². The number of rotatable bonds is 2. The SMILES string of the molecule is Cc1cc(Br)ccc1C(C)(N)CO. The second kappa shape index (κ2) is 3.78. The monoisotopic (exact) mass is 243 g/mol. The number of aryl methyl sites for hydroxylation is 1. The van der Waals surface area contributed by atoms with E-state index in [2.05, 4.69) is 15.9 Å². The molecule has 1 atom stereocenters. The molecule has 0 heterocycles. The van der Waals surface area contributed by atoms with E-state index in [1.807, 2.05) is 32.0 Å². The van der Waals surface area contributed by atoms with Crippen molar-refractivity contribution >= 4 is 15.9 Å². The summed E-state index contributed by atoms with van der Waals surface area (Å²) in [4.78, 5) is 0. The normalized spacial score (nSPS) is 15.5. The van der Waals surface area contributed by atoms with Gasteiger partial charge in [-0.25, -0.2) is 0 Å². The number of aliphatic hydroxyl groups is 1. The van der Waals surface area contributed by atoms with Gasteiger partial charge in [0, 0.05) is 4.47 Å². The highest BCUT2D eigenvalue weighted by Crippen LogP contribution is 2.23. The Labute approximate surface area is 86.9 Å². The van der Waals surface area contributed by atoms with Gasteiger partial charge in [-0.05, 0) is 37.1 Å². The molecule has 1 unspecified atom stereocenters. The topological polar surface area (TPSA) is 46.2 Å². The van der Waals surface area contributed by atoms with Crippen molar-refractivity contribution in [3.05, 3.63) is 33.8 Å². The Kier molecular flexibility index (Phi) is 3.11. The molecule has 0 aliphatic rings. The van der Waals surface area contributed by atoms with Gasteiger partial charge in [-0.2, -0.15) is 0 Å². The Bertz CT molecular complexity index is 310. The van der Waals surface area contributed by atoms with Gasteiger partial charge in [-0.3, -0.25) is 0 Å². The van der Waals surface area contributed by atoms with Gasteiger partial charge in [-0.1, -0.05) is 22.0 Å². The van der Waals surface area contributed by atoms with Crippen molar-refractivity contribution in [2.24, 2.45) is 5.73 Å². The maximum absolute atomic E-state index is 9.10. The van der Waals surface area contributed by atoms with Crippen LogP contribution in [0.5, 0.6) is 0 Å².